The van der Waals surface area contributed by atoms with E-state index in [4.69, 9.17) is 4.98 Å². The largest absolute Gasteiger partial charge is 0.344 e. The zero-order valence-electron chi connectivity index (χ0n) is 20.2. The van der Waals surface area contributed by atoms with Gasteiger partial charge in [-0.05, 0) is 63.7 Å². The fourth-order valence-corrected chi connectivity index (χ4v) is 5.63. The van der Waals surface area contributed by atoms with Gasteiger partial charge in [0.2, 0.25) is 11.8 Å². The molecule has 4 fully saturated rings. The Morgan fingerprint density at radius 3 is 2.49 bits per heavy atom. The van der Waals surface area contributed by atoms with E-state index in [0.29, 0.717) is 35.7 Å². The molecule has 4 aliphatic rings. The second kappa shape index (κ2) is 9.24. The van der Waals surface area contributed by atoms with Crippen LogP contribution in [0.2, 0.25) is 0 Å². The Labute approximate surface area is 205 Å². The molecule has 2 aromatic rings. The second-order valence-electron chi connectivity index (χ2n) is 10.8. The molecule has 0 aromatic carbocycles. The van der Waals surface area contributed by atoms with Crippen molar-refractivity contribution in [2.45, 2.75) is 69.7 Å². The van der Waals surface area contributed by atoms with E-state index < -0.39 is 6.04 Å². The summed E-state index contributed by atoms with van der Waals surface area (Å²) in [4.78, 5) is 55.9. The number of amides is 3. The maximum Gasteiger partial charge on any atom is 0.255 e. The summed E-state index contributed by atoms with van der Waals surface area (Å²) in [5.41, 5.74) is 2.52. The minimum Gasteiger partial charge on any atom is -0.344 e. The summed E-state index contributed by atoms with van der Waals surface area (Å²) in [6, 6.07) is -0.559. The van der Waals surface area contributed by atoms with E-state index in [1.807, 2.05) is 9.80 Å². The van der Waals surface area contributed by atoms with Crippen molar-refractivity contribution in [2.24, 2.45) is 11.8 Å². The van der Waals surface area contributed by atoms with E-state index in [1.165, 1.54) is 6.42 Å². The van der Waals surface area contributed by atoms with E-state index in [2.05, 4.69) is 15.3 Å². The molecule has 6 rings (SSSR count). The van der Waals surface area contributed by atoms with Crippen molar-refractivity contribution >= 4 is 28.9 Å². The van der Waals surface area contributed by atoms with E-state index in [9.17, 15) is 14.4 Å². The minimum absolute atomic E-state index is 0.0541. The van der Waals surface area contributed by atoms with Crippen LogP contribution in [-0.4, -0.2) is 74.7 Å². The van der Waals surface area contributed by atoms with E-state index in [0.717, 1.165) is 70.2 Å². The van der Waals surface area contributed by atoms with Crippen LogP contribution in [0.4, 0.5) is 0 Å². The maximum absolute atomic E-state index is 13.6. The lowest BCUT2D eigenvalue weighted by Gasteiger charge is -2.37. The van der Waals surface area contributed by atoms with E-state index in [1.54, 1.807) is 12.4 Å². The molecule has 4 heterocycles. The molecule has 0 bridgehead atoms. The van der Waals surface area contributed by atoms with Gasteiger partial charge in [0.25, 0.3) is 5.91 Å². The molecule has 9 heteroatoms. The van der Waals surface area contributed by atoms with Gasteiger partial charge < -0.3 is 20.1 Å². The number of hydrogen-bond acceptors (Lipinski definition) is 5. The van der Waals surface area contributed by atoms with Crippen LogP contribution in [0.15, 0.2) is 12.4 Å². The van der Waals surface area contributed by atoms with Crippen LogP contribution in [0.1, 0.15) is 79.8 Å². The van der Waals surface area contributed by atoms with Crippen molar-refractivity contribution in [3.8, 4) is 0 Å². The molecule has 2 atom stereocenters. The smallest absolute Gasteiger partial charge is 0.255 e. The number of piperidine rings is 2. The molecule has 2 aliphatic heterocycles. The summed E-state index contributed by atoms with van der Waals surface area (Å²) in [7, 11) is 0. The van der Waals surface area contributed by atoms with Gasteiger partial charge in [0.05, 0.1) is 23.4 Å². The average Bonchev–Trinajstić information content (AvgIpc) is 3.84. The van der Waals surface area contributed by atoms with Crippen molar-refractivity contribution in [2.75, 3.05) is 26.2 Å². The molecule has 2 aliphatic carbocycles. The van der Waals surface area contributed by atoms with Crippen LogP contribution in [0, 0.1) is 11.8 Å². The van der Waals surface area contributed by atoms with Crippen molar-refractivity contribution in [3.63, 3.8) is 0 Å². The molecule has 2 aromatic heterocycles. The quantitative estimate of drug-likeness (QED) is 0.663. The lowest BCUT2D eigenvalue weighted by atomic mass is 9.94. The summed E-state index contributed by atoms with van der Waals surface area (Å²) in [5, 5.41) is 3.03. The van der Waals surface area contributed by atoms with E-state index in [-0.39, 0.29) is 29.6 Å². The van der Waals surface area contributed by atoms with Crippen LogP contribution in [0.25, 0.3) is 11.2 Å². The highest BCUT2D eigenvalue weighted by Gasteiger charge is 2.42. The van der Waals surface area contributed by atoms with Crippen LogP contribution < -0.4 is 5.32 Å². The second-order valence-corrected chi connectivity index (χ2v) is 10.8. The van der Waals surface area contributed by atoms with Gasteiger partial charge in [-0.25, -0.2) is 9.97 Å². The third kappa shape index (κ3) is 4.65. The number of carbonyl (C=O) groups excluding carboxylic acids is 3. The Hall–Kier alpha value is -2.97. The summed E-state index contributed by atoms with van der Waals surface area (Å²) < 4.78 is 0. The molecular formula is C26H34N6O3. The van der Waals surface area contributed by atoms with Crippen LogP contribution in [-0.2, 0) is 9.59 Å². The predicted octanol–water partition coefficient (Wildman–Crippen LogP) is 2.59. The number of likely N-dealkylation sites (tertiary alicyclic amines) is 2. The molecule has 3 amide bonds. The fraction of sp³-hybridized carbons (Fsp3) is 0.654. The van der Waals surface area contributed by atoms with Gasteiger partial charge in [-0.15, -0.1) is 0 Å². The summed E-state index contributed by atoms with van der Waals surface area (Å²) in [6.45, 7) is 2.77. The number of fused-ring (bicyclic) bond motifs is 1. The van der Waals surface area contributed by atoms with Gasteiger partial charge >= 0.3 is 0 Å². The molecule has 2 saturated heterocycles. The maximum atomic E-state index is 13.6. The van der Waals surface area contributed by atoms with Crippen LogP contribution >= 0.6 is 0 Å². The molecule has 186 valence electrons. The zero-order chi connectivity index (χ0) is 23.9. The topological polar surface area (TPSA) is 111 Å². The number of hydrogen-bond donors (Lipinski definition) is 2. The first-order valence-electron chi connectivity index (χ1n) is 13.3. The van der Waals surface area contributed by atoms with Gasteiger partial charge in [0.1, 0.15) is 11.6 Å². The monoisotopic (exact) mass is 478 g/mol. The molecule has 0 unspecified atom stereocenters. The number of carbonyl (C=O) groups is 3. The van der Waals surface area contributed by atoms with Crippen molar-refractivity contribution in [1.29, 1.82) is 0 Å². The Kier molecular flexibility index (Phi) is 5.94. The average molecular weight is 479 g/mol. The molecule has 0 radical (unpaired) electrons. The van der Waals surface area contributed by atoms with Crippen molar-refractivity contribution in [3.05, 3.63) is 23.7 Å². The normalized spacial score (nSPS) is 23.8. The first kappa shape index (κ1) is 22.5. The highest BCUT2D eigenvalue weighted by molar-refractivity contribution is 6.06. The minimum atomic E-state index is -0.559. The fourth-order valence-electron chi connectivity index (χ4n) is 5.63. The third-order valence-corrected chi connectivity index (χ3v) is 8.04. The lowest BCUT2D eigenvalue weighted by Crippen LogP contribution is -2.54. The highest BCUT2D eigenvalue weighted by atomic mass is 16.2. The Morgan fingerprint density at radius 1 is 0.971 bits per heavy atom. The number of nitrogens with one attached hydrogen (secondary N) is 2. The first-order chi connectivity index (χ1) is 17.1. The SMILES string of the molecule is O=C(N[C@@H](C(=O)N1CCC[C@H](C(=O)N2CCCCC2)C1)C1CC1)c1c[nH]c2ncc(C3CC3)nc12. The lowest BCUT2D eigenvalue weighted by molar-refractivity contribution is -0.142. The number of aromatic amines is 1. The number of aromatic nitrogens is 3. The zero-order valence-corrected chi connectivity index (χ0v) is 20.2. The number of H-pyrrole nitrogens is 1. The highest BCUT2D eigenvalue weighted by Crippen LogP contribution is 2.39. The molecular weight excluding hydrogens is 444 g/mol. The van der Waals surface area contributed by atoms with Gasteiger partial charge in [-0.2, -0.15) is 0 Å². The standard InChI is InChI=1S/C26H34N6O3/c33-24(19-13-27-23-22(19)29-20(14-28-23)16-6-7-16)30-21(17-8-9-17)26(35)32-12-4-5-18(15-32)25(34)31-10-2-1-3-11-31/h13-14,16-18,21H,1-12,15H2,(H,27,28)(H,30,33)/t18-,21+/m0/s1. The Balaban J connectivity index is 1.15. The summed E-state index contributed by atoms with van der Waals surface area (Å²) in [5.74, 6) is 0.313. The van der Waals surface area contributed by atoms with Gasteiger partial charge in [0, 0.05) is 38.3 Å². The molecule has 2 saturated carbocycles. The third-order valence-electron chi connectivity index (χ3n) is 8.04. The Morgan fingerprint density at radius 2 is 1.74 bits per heavy atom. The van der Waals surface area contributed by atoms with Crippen molar-refractivity contribution in [1.82, 2.24) is 30.1 Å². The molecule has 9 nitrogen and oxygen atoms in total. The number of rotatable bonds is 6. The van der Waals surface area contributed by atoms with E-state index >= 15 is 0 Å². The van der Waals surface area contributed by atoms with Crippen LogP contribution in [0.5, 0.6) is 0 Å². The summed E-state index contributed by atoms with van der Waals surface area (Å²) in [6.07, 6.45) is 12.5. The van der Waals surface area contributed by atoms with Crippen molar-refractivity contribution < 1.29 is 14.4 Å². The molecule has 2 N–H and O–H groups in total. The van der Waals surface area contributed by atoms with Crippen LogP contribution in [0.3, 0.4) is 0 Å². The first-order valence-corrected chi connectivity index (χ1v) is 13.3. The molecule has 35 heavy (non-hydrogen) atoms. The van der Waals surface area contributed by atoms with Gasteiger partial charge in [-0.1, -0.05) is 0 Å². The number of nitrogens with zero attached hydrogens (tertiary/aromatic N) is 4. The Bertz CT molecular complexity index is 1130. The summed E-state index contributed by atoms with van der Waals surface area (Å²) >= 11 is 0. The van der Waals surface area contributed by atoms with Gasteiger partial charge in [0.15, 0.2) is 5.65 Å². The van der Waals surface area contributed by atoms with Gasteiger partial charge in [-0.3, -0.25) is 14.4 Å². The molecule has 0 spiro atoms. The predicted molar refractivity (Wildman–Crippen MR) is 130 cm³/mol.